The molecule has 0 aliphatic carbocycles. The molecule has 13 heavy (non-hydrogen) atoms. The maximum absolute atomic E-state index is 10.3. The molecule has 0 bridgehead atoms. The third-order valence-corrected chi connectivity index (χ3v) is 1.89. The van der Waals surface area contributed by atoms with Crippen LogP contribution in [0, 0.1) is 10.1 Å². The molecule has 0 fully saturated rings. The Balaban J connectivity index is 3.03. The lowest BCUT2D eigenvalue weighted by Gasteiger charge is -2.02. The van der Waals surface area contributed by atoms with Crippen molar-refractivity contribution in [2.75, 3.05) is 6.61 Å². The highest BCUT2D eigenvalue weighted by Gasteiger charge is 2.11. The van der Waals surface area contributed by atoms with Crippen molar-refractivity contribution in [1.29, 1.82) is 0 Å². The van der Waals surface area contributed by atoms with E-state index >= 15 is 0 Å². The molecule has 0 amide bonds. The van der Waals surface area contributed by atoms with Crippen LogP contribution in [0.4, 0.5) is 5.82 Å². The van der Waals surface area contributed by atoms with Crippen LogP contribution in [-0.4, -0.2) is 16.5 Å². The molecule has 1 aromatic rings. The minimum atomic E-state index is -0.561. The van der Waals surface area contributed by atoms with Gasteiger partial charge in [0.05, 0.1) is 12.7 Å². The predicted molar refractivity (Wildman–Crippen MR) is 49.8 cm³/mol. The third-order valence-electron chi connectivity index (χ3n) is 1.29. The van der Waals surface area contributed by atoms with E-state index in [0.717, 1.165) is 0 Å². The van der Waals surface area contributed by atoms with Crippen molar-refractivity contribution in [3.63, 3.8) is 0 Å². The van der Waals surface area contributed by atoms with Crippen molar-refractivity contribution in [2.45, 2.75) is 6.92 Å². The number of ether oxygens (including phenoxy) is 1. The van der Waals surface area contributed by atoms with Gasteiger partial charge in [0.1, 0.15) is 10.2 Å². The predicted octanol–water partition coefficient (Wildman–Crippen LogP) is 2.15. The monoisotopic (exact) mass is 246 g/mol. The van der Waals surface area contributed by atoms with Crippen molar-refractivity contribution >= 4 is 21.7 Å². The lowest BCUT2D eigenvalue weighted by Crippen LogP contribution is -1.96. The normalized spacial score (nSPS) is 9.69. The standard InChI is InChI=1S/C7H7BrN2O3/c1-2-13-6-3-7(10(11)12)9-4-5(6)8/h3-4H,2H2,1H3. The van der Waals surface area contributed by atoms with E-state index in [1.807, 2.05) is 0 Å². The Morgan fingerprint density at radius 3 is 3.00 bits per heavy atom. The Labute approximate surface area is 83.0 Å². The van der Waals surface area contributed by atoms with E-state index in [2.05, 4.69) is 20.9 Å². The van der Waals surface area contributed by atoms with Crippen molar-refractivity contribution in [1.82, 2.24) is 4.98 Å². The Morgan fingerprint density at radius 2 is 2.46 bits per heavy atom. The highest BCUT2D eigenvalue weighted by Crippen LogP contribution is 2.26. The van der Waals surface area contributed by atoms with Crippen LogP contribution in [0.25, 0.3) is 0 Å². The molecule has 0 aliphatic heterocycles. The first-order valence-corrected chi connectivity index (χ1v) is 4.37. The molecule has 1 rings (SSSR count). The molecule has 1 aromatic heterocycles. The second-order valence-electron chi connectivity index (χ2n) is 2.16. The average molecular weight is 247 g/mol. The van der Waals surface area contributed by atoms with Crippen LogP contribution in [0.2, 0.25) is 0 Å². The fourth-order valence-corrected chi connectivity index (χ4v) is 1.11. The SMILES string of the molecule is CCOc1cc([N+](=O)[O-])ncc1Br. The fourth-order valence-electron chi connectivity index (χ4n) is 0.776. The minimum absolute atomic E-state index is 0.216. The first-order valence-electron chi connectivity index (χ1n) is 3.58. The topological polar surface area (TPSA) is 65.3 Å². The molecule has 0 aliphatic rings. The van der Waals surface area contributed by atoms with E-state index in [9.17, 15) is 10.1 Å². The molecular weight excluding hydrogens is 240 g/mol. The number of pyridine rings is 1. The maximum Gasteiger partial charge on any atom is 0.367 e. The number of rotatable bonds is 3. The molecule has 0 unspecified atom stereocenters. The van der Waals surface area contributed by atoms with Crippen LogP contribution < -0.4 is 4.74 Å². The van der Waals surface area contributed by atoms with E-state index < -0.39 is 4.92 Å². The number of hydrogen-bond acceptors (Lipinski definition) is 4. The molecule has 0 saturated carbocycles. The van der Waals surface area contributed by atoms with Gasteiger partial charge in [0.15, 0.2) is 6.20 Å². The van der Waals surface area contributed by atoms with Gasteiger partial charge in [0.25, 0.3) is 0 Å². The largest absolute Gasteiger partial charge is 0.492 e. The summed E-state index contributed by atoms with van der Waals surface area (Å²) in [4.78, 5) is 13.4. The van der Waals surface area contributed by atoms with Gasteiger partial charge in [-0.1, -0.05) is 0 Å². The number of nitro groups is 1. The summed E-state index contributed by atoms with van der Waals surface area (Å²) in [7, 11) is 0. The zero-order valence-electron chi connectivity index (χ0n) is 6.86. The molecule has 1 heterocycles. The summed E-state index contributed by atoms with van der Waals surface area (Å²) in [5, 5.41) is 10.3. The average Bonchev–Trinajstić information content (AvgIpc) is 2.08. The molecule has 70 valence electrons. The van der Waals surface area contributed by atoms with Gasteiger partial charge in [-0.15, -0.1) is 0 Å². The molecule has 0 saturated heterocycles. The van der Waals surface area contributed by atoms with Crippen molar-refractivity contribution < 1.29 is 9.66 Å². The lowest BCUT2D eigenvalue weighted by molar-refractivity contribution is -0.389. The molecule has 6 heteroatoms. The second-order valence-corrected chi connectivity index (χ2v) is 3.02. The summed E-state index contributed by atoms with van der Waals surface area (Å²) < 4.78 is 5.75. The van der Waals surface area contributed by atoms with Gasteiger partial charge in [0, 0.05) is 0 Å². The second kappa shape index (κ2) is 4.18. The smallest absolute Gasteiger partial charge is 0.367 e. The minimum Gasteiger partial charge on any atom is -0.492 e. The number of hydrogen-bond donors (Lipinski definition) is 0. The first kappa shape index (κ1) is 9.91. The summed E-state index contributed by atoms with van der Waals surface area (Å²) in [6.45, 7) is 2.26. The van der Waals surface area contributed by atoms with E-state index in [4.69, 9.17) is 4.74 Å². The molecule has 0 spiro atoms. The number of aromatic nitrogens is 1. The van der Waals surface area contributed by atoms with Crippen molar-refractivity contribution in [3.05, 3.63) is 26.9 Å². The summed E-state index contributed by atoms with van der Waals surface area (Å²) in [5.74, 6) is 0.218. The lowest BCUT2D eigenvalue weighted by atomic mass is 10.4. The quantitative estimate of drug-likeness (QED) is 0.606. The van der Waals surface area contributed by atoms with Crippen molar-refractivity contribution in [3.8, 4) is 5.75 Å². The Morgan fingerprint density at radius 1 is 1.77 bits per heavy atom. The van der Waals surface area contributed by atoms with Gasteiger partial charge in [-0.25, -0.2) is 0 Å². The highest BCUT2D eigenvalue weighted by molar-refractivity contribution is 9.10. The Kier molecular flexibility index (Phi) is 3.18. The van der Waals surface area contributed by atoms with Crippen LogP contribution in [0.5, 0.6) is 5.75 Å². The van der Waals surface area contributed by atoms with Crippen LogP contribution in [0.3, 0.4) is 0 Å². The van der Waals surface area contributed by atoms with E-state index in [-0.39, 0.29) is 5.82 Å². The third kappa shape index (κ3) is 2.38. The summed E-state index contributed by atoms with van der Waals surface area (Å²) in [6, 6.07) is 1.29. The van der Waals surface area contributed by atoms with Gasteiger partial charge in [-0.3, -0.25) is 0 Å². The van der Waals surface area contributed by atoms with Gasteiger partial charge >= 0.3 is 5.82 Å². The molecular formula is C7H7BrN2O3. The highest BCUT2D eigenvalue weighted by atomic mass is 79.9. The van der Waals surface area contributed by atoms with Crippen molar-refractivity contribution in [2.24, 2.45) is 0 Å². The fraction of sp³-hybridized carbons (Fsp3) is 0.286. The number of nitrogens with zero attached hydrogens (tertiary/aromatic N) is 2. The summed E-state index contributed by atoms with van der Waals surface area (Å²) in [6.07, 6.45) is 1.35. The van der Waals surface area contributed by atoms with Crippen LogP contribution in [0.15, 0.2) is 16.7 Å². The van der Waals surface area contributed by atoms with Gasteiger partial charge in [0.2, 0.25) is 0 Å². The van der Waals surface area contributed by atoms with Gasteiger partial charge < -0.3 is 14.9 Å². The molecule has 0 atom stereocenters. The molecule has 5 nitrogen and oxygen atoms in total. The van der Waals surface area contributed by atoms with Gasteiger partial charge in [-0.05, 0) is 32.8 Å². The number of halogens is 1. The van der Waals surface area contributed by atoms with E-state index in [0.29, 0.717) is 16.8 Å². The maximum atomic E-state index is 10.3. The Hall–Kier alpha value is -1.17. The van der Waals surface area contributed by atoms with Crippen LogP contribution >= 0.6 is 15.9 Å². The summed E-state index contributed by atoms with van der Waals surface area (Å²) >= 11 is 3.17. The Bertz CT molecular complexity index is 330. The first-order chi connectivity index (χ1) is 6.15. The molecule has 0 aromatic carbocycles. The van der Waals surface area contributed by atoms with Gasteiger partial charge in [-0.2, -0.15) is 0 Å². The molecule has 0 N–H and O–H groups in total. The van der Waals surface area contributed by atoms with E-state index in [1.165, 1.54) is 12.3 Å². The zero-order valence-corrected chi connectivity index (χ0v) is 8.44. The summed E-state index contributed by atoms with van der Waals surface area (Å²) in [5.41, 5.74) is 0. The van der Waals surface area contributed by atoms with Crippen LogP contribution in [0.1, 0.15) is 6.92 Å². The van der Waals surface area contributed by atoms with E-state index in [1.54, 1.807) is 6.92 Å². The zero-order chi connectivity index (χ0) is 9.84. The van der Waals surface area contributed by atoms with Crippen LogP contribution in [-0.2, 0) is 0 Å². The molecule has 0 radical (unpaired) electrons.